The van der Waals surface area contributed by atoms with Crippen molar-refractivity contribution >= 4 is 17.0 Å². The van der Waals surface area contributed by atoms with Crippen LogP contribution in [-0.4, -0.2) is 20.5 Å². The third-order valence-electron chi connectivity index (χ3n) is 0.864. The van der Waals surface area contributed by atoms with Gasteiger partial charge in [-0.15, -0.1) is 0 Å². The van der Waals surface area contributed by atoms with Crippen LogP contribution >= 0.6 is 0 Å². The molecular formula is C5H10NO3S-. The minimum atomic E-state index is -2.17. The molecule has 0 heterocycles. The van der Waals surface area contributed by atoms with Gasteiger partial charge in [-0.25, -0.2) is 0 Å². The fraction of sp³-hybridized carbons (Fsp3) is 0.800. The third kappa shape index (κ3) is 5.71. The summed E-state index contributed by atoms with van der Waals surface area (Å²) in [4.78, 5) is 10.6. The van der Waals surface area contributed by atoms with E-state index in [-0.39, 0.29) is 11.8 Å². The molecule has 0 rings (SSSR count). The van der Waals surface area contributed by atoms with Crippen molar-refractivity contribution in [1.29, 1.82) is 0 Å². The van der Waals surface area contributed by atoms with E-state index < -0.39 is 11.1 Å². The molecule has 1 amide bonds. The molecule has 0 bridgehead atoms. The summed E-state index contributed by atoms with van der Waals surface area (Å²) in [5, 5.41) is 2.23. The van der Waals surface area contributed by atoms with E-state index in [0.29, 0.717) is 6.42 Å². The van der Waals surface area contributed by atoms with Crippen LogP contribution in [0.5, 0.6) is 0 Å². The van der Waals surface area contributed by atoms with Gasteiger partial charge in [-0.2, -0.15) is 0 Å². The predicted molar refractivity (Wildman–Crippen MR) is 36.8 cm³/mol. The molecule has 60 valence electrons. The minimum Gasteiger partial charge on any atom is -0.771 e. The first-order valence-corrected chi connectivity index (χ1v) is 4.23. The second kappa shape index (κ2) is 5.37. The predicted octanol–water partition coefficient (Wildman–Crippen LogP) is -0.261. The quantitative estimate of drug-likeness (QED) is 0.582. The average Bonchev–Trinajstić information content (AvgIpc) is 1.85. The van der Waals surface area contributed by atoms with E-state index in [9.17, 15) is 13.6 Å². The summed E-state index contributed by atoms with van der Waals surface area (Å²) in [7, 11) is 0. The number of hydrogen-bond donors (Lipinski definition) is 1. The zero-order valence-electron chi connectivity index (χ0n) is 5.75. The van der Waals surface area contributed by atoms with Crippen LogP contribution in [0.4, 0.5) is 0 Å². The standard InChI is InChI=1S/C5H11NO3S/c1-2-3-5(7)6-4-10(8)9/h2-4H2,1H3,(H,6,7)(H,8,9)/p-1. The lowest BCUT2D eigenvalue weighted by Gasteiger charge is -2.05. The molecule has 0 aromatic heterocycles. The maximum atomic E-state index is 10.6. The number of hydrogen-bond acceptors (Lipinski definition) is 3. The molecule has 0 saturated carbocycles. The van der Waals surface area contributed by atoms with Crippen LogP contribution in [0.15, 0.2) is 0 Å². The highest BCUT2D eigenvalue weighted by Crippen LogP contribution is 1.84. The first kappa shape index (κ1) is 9.58. The molecule has 4 nitrogen and oxygen atoms in total. The molecular weight excluding hydrogens is 154 g/mol. The first-order valence-electron chi connectivity index (χ1n) is 2.99. The number of carbonyl (C=O) groups excluding carboxylic acids is 1. The van der Waals surface area contributed by atoms with Gasteiger partial charge in [0.1, 0.15) is 0 Å². The zero-order valence-corrected chi connectivity index (χ0v) is 6.57. The van der Waals surface area contributed by atoms with Crippen molar-refractivity contribution < 1.29 is 13.6 Å². The first-order chi connectivity index (χ1) is 4.66. The Bertz CT molecular complexity index is 137. The Morgan fingerprint density at radius 3 is 2.70 bits per heavy atom. The van der Waals surface area contributed by atoms with E-state index >= 15 is 0 Å². The van der Waals surface area contributed by atoms with E-state index in [4.69, 9.17) is 0 Å². The van der Waals surface area contributed by atoms with Gasteiger partial charge in [0, 0.05) is 6.42 Å². The van der Waals surface area contributed by atoms with Gasteiger partial charge in [0.25, 0.3) is 0 Å². The summed E-state index contributed by atoms with van der Waals surface area (Å²) >= 11 is -2.17. The highest BCUT2D eigenvalue weighted by molar-refractivity contribution is 7.79. The lowest BCUT2D eigenvalue weighted by Crippen LogP contribution is -2.26. The lowest BCUT2D eigenvalue weighted by atomic mass is 10.3. The largest absolute Gasteiger partial charge is 0.771 e. The van der Waals surface area contributed by atoms with E-state index in [0.717, 1.165) is 6.42 Å². The number of nitrogens with one attached hydrogen (secondary N) is 1. The van der Waals surface area contributed by atoms with Crippen LogP contribution in [-0.2, 0) is 15.9 Å². The van der Waals surface area contributed by atoms with Crippen molar-refractivity contribution in [2.24, 2.45) is 0 Å². The highest BCUT2D eigenvalue weighted by Gasteiger charge is 1.95. The Morgan fingerprint density at radius 2 is 2.30 bits per heavy atom. The summed E-state index contributed by atoms with van der Waals surface area (Å²) in [6.45, 7) is 1.85. The van der Waals surface area contributed by atoms with Crippen LogP contribution in [0.2, 0.25) is 0 Å². The molecule has 0 aliphatic carbocycles. The van der Waals surface area contributed by atoms with Gasteiger partial charge >= 0.3 is 0 Å². The minimum absolute atomic E-state index is 0.216. The zero-order chi connectivity index (χ0) is 7.98. The maximum absolute atomic E-state index is 10.6. The Morgan fingerprint density at radius 1 is 1.70 bits per heavy atom. The number of amides is 1. The van der Waals surface area contributed by atoms with Gasteiger partial charge in [-0.1, -0.05) is 6.92 Å². The van der Waals surface area contributed by atoms with Gasteiger partial charge in [-0.3, -0.25) is 9.00 Å². The normalized spacial score (nSPS) is 12.6. The summed E-state index contributed by atoms with van der Waals surface area (Å²) < 4.78 is 19.8. The molecule has 5 heteroatoms. The van der Waals surface area contributed by atoms with Crippen LogP contribution in [0.25, 0.3) is 0 Å². The number of rotatable bonds is 4. The van der Waals surface area contributed by atoms with Crippen LogP contribution < -0.4 is 5.32 Å². The number of carbonyl (C=O) groups is 1. The van der Waals surface area contributed by atoms with E-state index in [1.165, 1.54) is 0 Å². The molecule has 0 aliphatic heterocycles. The van der Waals surface area contributed by atoms with Gasteiger partial charge in [0.2, 0.25) is 5.91 Å². The second-order valence-corrected chi connectivity index (χ2v) is 2.69. The molecule has 0 spiro atoms. The second-order valence-electron chi connectivity index (χ2n) is 1.80. The van der Waals surface area contributed by atoms with Gasteiger partial charge in [0.05, 0.1) is 5.88 Å². The molecule has 0 aromatic rings. The van der Waals surface area contributed by atoms with Crippen molar-refractivity contribution in [3.05, 3.63) is 0 Å². The monoisotopic (exact) mass is 164 g/mol. The molecule has 0 aromatic carbocycles. The highest BCUT2D eigenvalue weighted by atomic mass is 32.2. The van der Waals surface area contributed by atoms with Crippen LogP contribution in [0.1, 0.15) is 19.8 Å². The molecule has 10 heavy (non-hydrogen) atoms. The molecule has 0 fully saturated rings. The lowest BCUT2D eigenvalue weighted by molar-refractivity contribution is -0.120. The van der Waals surface area contributed by atoms with Crippen molar-refractivity contribution in [3.8, 4) is 0 Å². The Balaban J connectivity index is 3.30. The molecule has 1 N–H and O–H groups in total. The van der Waals surface area contributed by atoms with Gasteiger partial charge < -0.3 is 9.87 Å². The van der Waals surface area contributed by atoms with Crippen molar-refractivity contribution in [2.45, 2.75) is 19.8 Å². The Hall–Kier alpha value is -0.420. The van der Waals surface area contributed by atoms with Crippen molar-refractivity contribution in [2.75, 3.05) is 5.88 Å². The van der Waals surface area contributed by atoms with E-state index in [1.807, 2.05) is 6.92 Å². The topological polar surface area (TPSA) is 69.2 Å². The van der Waals surface area contributed by atoms with Crippen LogP contribution in [0, 0.1) is 0 Å². The fourth-order valence-electron chi connectivity index (χ4n) is 0.455. The van der Waals surface area contributed by atoms with Gasteiger partial charge in [-0.05, 0) is 17.5 Å². The third-order valence-corrected chi connectivity index (χ3v) is 1.24. The maximum Gasteiger partial charge on any atom is 0.220 e. The smallest absolute Gasteiger partial charge is 0.220 e. The molecule has 0 aliphatic rings. The molecule has 0 radical (unpaired) electrons. The molecule has 1 atom stereocenters. The summed E-state index contributed by atoms with van der Waals surface area (Å²) in [6, 6.07) is 0. The van der Waals surface area contributed by atoms with Crippen molar-refractivity contribution in [1.82, 2.24) is 5.32 Å². The SMILES string of the molecule is CCCC(=O)NCS(=O)[O-]. The van der Waals surface area contributed by atoms with Gasteiger partial charge in [0.15, 0.2) is 0 Å². The molecule has 0 saturated heterocycles. The summed E-state index contributed by atoms with van der Waals surface area (Å²) in [5.74, 6) is -0.495. The van der Waals surface area contributed by atoms with Crippen molar-refractivity contribution in [3.63, 3.8) is 0 Å². The fourth-order valence-corrected chi connectivity index (χ4v) is 0.734. The molecule has 1 unspecified atom stereocenters. The Kier molecular flexibility index (Phi) is 5.15. The summed E-state index contributed by atoms with van der Waals surface area (Å²) in [5.41, 5.74) is 0. The van der Waals surface area contributed by atoms with E-state index in [1.54, 1.807) is 0 Å². The summed E-state index contributed by atoms with van der Waals surface area (Å²) in [6.07, 6.45) is 1.12. The Labute approximate surface area is 62.3 Å². The van der Waals surface area contributed by atoms with E-state index in [2.05, 4.69) is 5.32 Å². The average molecular weight is 164 g/mol. The van der Waals surface area contributed by atoms with Crippen LogP contribution in [0.3, 0.4) is 0 Å².